The van der Waals surface area contributed by atoms with Gasteiger partial charge >= 0.3 is 12.2 Å². The summed E-state index contributed by atoms with van der Waals surface area (Å²) in [6.07, 6.45) is -4.64. The van der Waals surface area contributed by atoms with E-state index in [2.05, 4.69) is 10.6 Å². The van der Waals surface area contributed by atoms with Gasteiger partial charge in [0, 0.05) is 42.6 Å². The van der Waals surface area contributed by atoms with Crippen molar-refractivity contribution < 1.29 is 27.8 Å². The number of benzene rings is 3. The van der Waals surface area contributed by atoms with E-state index in [1.807, 2.05) is 98.5 Å². The summed E-state index contributed by atoms with van der Waals surface area (Å²) in [4.78, 5) is 15.1. The number of carbonyl (C=O) groups is 1. The number of carbonyl (C=O) groups excluding carboxylic acids is 1. The maximum Gasteiger partial charge on any atom is 0.417 e. The van der Waals surface area contributed by atoms with Crippen molar-refractivity contribution in [3.05, 3.63) is 78.5 Å². The van der Waals surface area contributed by atoms with Gasteiger partial charge in [-0.2, -0.15) is 18.3 Å². The van der Waals surface area contributed by atoms with Crippen LogP contribution in [0.4, 0.5) is 29.5 Å². The molecule has 234 valence electrons. The maximum absolute atomic E-state index is 13.2. The largest absolute Gasteiger partial charge is 0.493 e. The van der Waals surface area contributed by atoms with E-state index in [1.165, 1.54) is 0 Å². The zero-order valence-corrected chi connectivity index (χ0v) is 25.1. The lowest BCUT2D eigenvalue weighted by Crippen LogP contribution is -2.53. The first kappa shape index (κ1) is 31.3. The molecule has 0 unspecified atom stereocenters. The Labute approximate surface area is 254 Å². The van der Waals surface area contributed by atoms with Crippen LogP contribution in [0.15, 0.2) is 72.8 Å². The summed E-state index contributed by atoms with van der Waals surface area (Å²) in [5, 5.41) is 22.5. The van der Waals surface area contributed by atoms with E-state index in [0.29, 0.717) is 42.5 Å². The fourth-order valence-electron chi connectivity index (χ4n) is 5.25. The van der Waals surface area contributed by atoms with Gasteiger partial charge in [0.25, 0.3) is 0 Å². The molecule has 0 atom stereocenters. The number of halogens is 3. The molecular weight excluding hydrogens is 571 g/mol. The summed E-state index contributed by atoms with van der Waals surface area (Å²) < 4.78 is 46.9. The Hall–Kier alpha value is -4.09. The summed E-state index contributed by atoms with van der Waals surface area (Å²) >= 11 is 0. The van der Waals surface area contributed by atoms with Crippen molar-refractivity contribution in [1.82, 2.24) is 14.7 Å². The van der Waals surface area contributed by atoms with E-state index >= 15 is 0 Å². The van der Waals surface area contributed by atoms with Crippen LogP contribution in [0.1, 0.15) is 45.7 Å². The number of nitrogens with one attached hydrogen (secondary N) is 2. The van der Waals surface area contributed by atoms with Crippen molar-refractivity contribution in [3.8, 4) is 11.4 Å². The minimum Gasteiger partial charge on any atom is -0.493 e. The molecule has 8 nitrogen and oxygen atoms in total. The van der Waals surface area contributed by atoms with E-state index in [1.54, 1.807) is 4.68 Å². The highest BCUT2D eigenvalue weighted by atomic mass is 19.4. The third-order valence-electron chi connectivity index (χ3n) is 7.92. The second kappa shape index (κ2) is 12.5. The molecule has 0 aliphatic carbocycles. The molecule has 1 saturated heterocycles. The lowest BCUT2D eigenvalue weighted by atomic mass is 9.91. The first-order chi connectivity index (χ1) is 20.8. The van der Waals surface area contributed by atoms with Gasteiger partial charge in [0.2, 0.25) is 0 Å². The van der Waals surface area contributed by atoms with Crippen LogP contribution in [0.25, 0.3) is 16.5 Å². The van der Waals surface area contributed by atoms with Crippen LogP contribution in [0.5, 0.6) is 5.75 Å². The third-order valence-corrected chi connectivity index (χ3v) is 7.92. The topological polar surface area (TPSA) is 91.7 Å². The molecule has 11 heteroatoms. The number of alkyl halides is 3. The van der Waals surface area contributed by atoms with Gasteiger partial charge in [0.15, 0.2) is 5.60 Å². The minimum atomic E-state index is -4.61. The number of likely N-dealkylation sites (tertiary alicyclic amines) is 1. The summed E-state index contributed by atoms with van der Waals surface area (Å²) in [5.41, 5.74) is -0.682. The number of fused-ring (bicyclic) bond motifs is 1. The highest BCUT2D eigenvalue weighted by molar-refractivity contribution is 6.06. The van der Waals surface area contributed by atoms with Crippen LogP contribution in [0.2, 0.25) is 0 Å². The molecule has 0 saturated carbocycles. The molecule has 5 rings (SSSR count). The fourth-order valence-corrected chi connectivity index (χ4v) is 5.25. The monoisotopic (exact) mass is 609 g/mol. The number of rotatable bonds is 8. The van der Waals surface area contributed by atoms with Gasteiger partial charge in [-0.05, 0) is 42.8 Å². The van der Waals surface area contributed by atoms with Gasteiger partial charge < -0.3 is 20.1 Å². The standard InChI is InChI=1S/C33H38F3N5O3/c1-31(2,3)28-22-29(38-30(42)37-27-14-6-10-23-9-4-5-13-26(23)27)41(39-28)24-11-7-12-25(21-24)44-20-8-17-40-18-15-32(43,16-19-40)33(34,35)36/h4-7,9-14,21-22,43H,8,15-20H2,1-3H3,(H2,37,38,42). The first-order valence-electron chi connectivity index (χ1n) is 14.7. The van der Waals surface area contributed by atoms with E-state index in [-0.39, 0.29) is 31.3 Å². The number of hydrogen-bond acceptors (Lipinski definition) is 5. The summed E-state index contributed by atoms with van der Waals surface area (Å²) in [5.74, 6) is 1.10. The van der Waals surface area contributed by atoms with Gasteiger partial charge in [-0.15, -0.1) is 0 Å². The van der Waals surface area contributed by atoms with E-state index < -0.39 is 17.8 Å². The molecule has 4 aromatic rings. The van der Waals surface area contributed by atoms with E-state index in [4.69, 9.17) is 9.84 Å². The van der Waals surface area contributed by atoms with Crippen molar-refractivity contribution in [2.75, 3.05) is 36.9 Å². The zero-order chi connectivity index (χ0) is 31.5. The normalized spacial score (nSPS) is 15.7. The number of piperidine rings is 1. The Kier molecular flexibility index (Phi) is 8.90. The fraction of sp³-hybridized carbons (Fsp3) is 0.394. The highest BCUT2D eigenvalue weighted by Gasteiger charge is 2.54. The lowest BCUT2D eigenvalue weighted by molar-refractivity contribution is -0.272. The average Bonchev–Trinajstić information content (AvgIpc) is 3.40. The number of amides is 2. The number of ether oxygens (including phenoxy) is 1. The van der Waals surface area contributed by atoms with Crippen molar-refractivity contribution in [2.45, 2.75) is 57.2 Å². The average molecular weight is 610 g/mol. The predicted molar refractivity (Wildman–Crippen MR) is 166 cm³/mol. The van der Waals surface area contributed by atoms with Crippen LogP contribution in [0, 0.1) is 0 Å². The van der Waals surface area contributed by atoms with Crippen molar-refractivity contribution in [2.24, 2.45) is 0 Å². The number of nitrogens with zero attached hydrogens (tertiary/aromatic N) is 3. The van der Waals surface area contributed by atoms with Crippen LogP contribution < -0.4 is 15.4 Å². The molecule has 0 spiro atoms. The van der Waals surface area contributed by atoms with E-state index in [9.17, 15) is 23.1 Å². The Bertz CT molecular complexity index is 1600. The van der Waals surface area contributed by atoms with E-state index in [0.717, 1.165) is 16.5 Å². The SMILES string of the molecule is CC(C)(C)c1cc(NC(=O)Nc2cccc3ccccc23)n(-c2cccc(OCCCN3CCC(O)(C(F)(F)F)CC3)c2)n1. The lowest BCUT2D eigenvalue weighted by Gasteiger charge is -2.39. The molecule has 0 radical (unpaired) electrons. The molecule has 1 aliphatic rings. The first-order valence-corrected chi connectivity index (χ1v) is 14.7. The second-order valence-electron chi connectivity index (χ2n) is 12.3. The van der Waals surface area contributed by atoms with Crippen molar-refractivity contribution >= 4 is 28.3 Å². The van der Waals surface area contributed by atoms with Crippen LogP contribution in [-0.2, 0) is 5.41 Å². The molecular formula is C33H38F3N5O3. The number of aliphatic hydroxyl groups is 1. The molecule has 3 aromatic carbocycles. The maximum atomic E-state index is 13.2. The van der Waals surface area contributed by atoms with Crippen molar-refractivity contribution in [3.63, 3.8) is 0 Å². The van der Waals surface area contributed by atoms with Gasteiger partial charge in [0.1, 0.15) is 11.6 Å². The Morgan fingerprint density at radius 1 is 0.977 bits per heavy atom. The van der Waals surface area contributed by atoms with Gasteiger partial charge in [-0.1, -0.05) is 63.2 Å². The minimum absolute atomic E-state index is 0.185. The Morgan fingerprint density at radius 3 is 2.41 bits per heavy atom. The zero-order valence-electron chi connectivity index (χ0n) is 25.1. The summed E-state index contributed by atoms with van der Waals surface area (Å²) in [6, 6.07) is 22.4. The van der Waals surface area contributed by atoms with Gasteiger partial charge in [-0.3, -0.25) is 5.32 Å². The quantitative estimate of drug-likeness (QED) is 0.185. The third kappa shape index (κ3) is 7.16. The molecule has 2 amide bonds. The number of aromatic nitrogens is 2. The van der Waals surface area contributed by atoms with Gasteiger partial charge in [0.05, 0.1) is 23.7 Å². The van der Waals surface area contributed by atoms with Crippen LogP contribution in [-0.4, -0.2) is 63.8 Å². The highest BCUT2D eigenvalue weighted by Crippen LogP contribution is 2.38. The molecule has 0 bridgehead atoms. The van der Waals surface area contributed by atoms with Crippen LogP contribution >= 0.6 is 0 Å². The van der Waals surface area contributed by atoms with Crippen molar-refractivity contribution in [1.29, 1.82) is 0 Å². The van der Waals surface area contributed by atoms with Crippen LogP contribution in [0.3, 0.4) is 0 Å². The molecule has 1 aromatic heterocycles. The molecule has 1 aliphatic heterocycles. The number of urea groups is 1. The predicted octanol–water partition coefficient (Wildman–Crippen LogP) is 7.13. The molecule has 44 heavy (non-hydrogen) atoms. The molecule has 3 N–H and O–H groups in total. The molecule has 2 heterocycles. The Balaban J connectivity index is 1.24. The second-order valence-corrected chi connectivity index (χ2v) is 12.3. The summed E-state index contributed by atoms with van der Waals surface area (Å²) in [7, 11) is 0. The summed E-state index contributed by atoms with van der Waals surface area (Å²) in [6.45, 7) is 7.45. The van der Waals surface area contributed by atoms with Gasteiger partial charge in [-0.25, -0.2) is 9.48 Å². The smallest absolute Gasteiger partial charge is 0.417 e. The Morgan fingerprint density at radius 2 is 1.68 bits per heavy atom. The number of anilines is 2. The number of hydrogen-bond donors (Lipinski definition) is 3. The molecule has 1 fully saturated rings.